The first-order valence-electron chi connectivity index (χ1n) is 15.9. The third-order valence-corrected chi connectivity index (χ3v) is 11.2. The van der Waals surface area contributed by atoms with Crippen molar-refractivity contribution in [1.82, 2.24) is 0 Å². The fourth-order valence-electron chi connectivity index (χ4n) is 8.82. The van der Waals surface area contributed by atoms with Crippen LogP contribution in [0.3, 0.4) is 0 Å². The molecule has 6 nitrogen and oxygen atoms in total. The molecule has 0 radical (unpaired) electrons. The fraction of sp³-hybridized carbons (Fsp3) is 0.514. The van der Waals surface area contributed by atoms with Gasteiger partial charge in [-0.15, -0.1) is 0 Å². The summed E-state index contributed by atoms with van der Waals surface area (Å²) in [5, 5.41) is 2.33. The molecule has 1 saturated carbocycles. The van der Waals surface area contributed by atoms with E-state index in [0.29, 0.717) is 23.7 Å². The number of methoxy groups -OCH3 is 3. The molecule has 0 spiro atoms. The largest absolute Gasteiger partial charge is 0.493 e. The summed E-state index contributed by atoms with van der Waals surface area (Å²) >= 11 is 0. The molecule has 7 rings (SSSR count). The van der Waals surface area contributed by atoms with Gasteiger partial charge in [0.25, 0.3) is 0 Å². The van der Waals surface area contributed by atoms with Crippen LogP contribution in [-0.4, -0.2) is 40.8 Å². The first-order valence-corrected chi connectivity index (χ1v) is 15.9. The standard InChI is InChI=1S/C37H45NO5/c1-21(2)24-14-15-37(3,41-7)29-12-8-22(16-28(24)29)17-30-34-25(11-13-31(39-5)36(34)40-6)26-10-9-23-18-32-33(43-20-42-32)19-27(23)35(26)38(30)4/h9-11,13,16,18-19,21,24,28-30H,8,12,14-15,17,20H2,1-7H3/t24-,28-,29+,30+,37+/m0/s1. The maximum absolute atomic E-state index is 6.21. The first-order chi connectivity index (χ1) is 20.8. The molecule has 2 aliphatic carbocycles. The van der Waals surface area contributed by atoms with Crippen molar-refractivity contribution in [2.24, 2.45) is 23.7 Å². The number of rotatable bonds is 6. The Balaban J connectivity index is 1.36. The van der Waals surface area contributed by atoms with Crippen LogP contribution in [0.5, 0.6) is 23.0 Å². The van der Waals surface area contributed by atoms with Gasteiger partial charge in [-0.25, -0.2) is 0 Å². The van der Waals surface area contributed by atoms with Gasteiger partial charge < -0.3 is 28.6 Å². The summed E-state index contributed by atoms with van der Waals surface area (Å²) in [6.45, 7) is 7.40. The van der Waals surface area contributed by atoms with Crippen molar-refractivity contribution in [3.8, 4) is 34.1 Å². The summed E-state index contributed by atoms with van der Waals surface area (Å²) in [6, 6.07) is 13.0. The zero-order valence-electron chi connectivity index (χ0n) is 26.7. The summed E-state index contributed by atoms with van der Waals surface area (Å²) in [4.78, 5) is 2.47. The van der Waals surface area contributed by atoms with Crippen molar-refractivity contribution in [2.45, 2.75) is 64.5 Å². The molecule has 0 bridgehead atoms. The molecule has 3 aromatic carbocycles. The number of benzene rings is 3. The van der Waals surface area contributed by atoms with E-state index < -0.39 is 0 Å². The maximum Gasteiger partial charge on any atom is 0.231 e. The molecule has 1 fully saturated rings. The van der Waals surface area contributed by atoms with Crippen LogP contribution in [0.2, 0.25) is 0 Å². The first kappa shape index (κ1) is 28.4. The minimum Gasteiger partial charge on any atom is -0.493 e. The molecule has 0 aromatic heterocycles. The highest BCUT2D eigenvalue weighted by Gasteiger charge is 2.48. The van der Waals surface area contributed by atoms with Crippen LogP contribution in [0.4, 0.5) is 5.69 Å². The number of anilines is 1. The Hall–Kier alpha value is -3.38. The molecule has 0 unspecified atom stereocenters. The molecule has 43 heavy (non-hydrogen) atoms. The van der Waals surface area contributed by atoms with Crippen LogP contribution >= 0.6 is 0 Å². The second-order valence-corrected chi connectivity index (χ2v) is 13.5. The van der Waals surface area contributed by atoms with Gasteiger partial charge >= 0.3 is 0 Å². The van der Waals surface area contributed by atoms with Gasteiger partial charge in [-0.2, -0.15) is 0 Å². The van der Waals surface area contributed by atoms with Crippen LogP contribution in [0.25, 0.3) is 21.9 Å². The van der Waals surface area contributed by atoms with Gasteiger partial charge in [0.05, 0.1) is 31.5 Å². The highest BCUT2D eigenvalue weighted by atomic mass is 16.7. The van der Waals surface area contributed by atoms with E-state index in [4.69, 9.17) is 23.7 Å². The average molecular weight is 584 g/mol. The number of fused-ring (bicyclic) bond motifs is 7. The third kappa shape index (κ3) is 4.39. The van der Waals surface area contributed by atoms with Gasteiger partial charge in [0.15, 0.2) is 23.0 Å². The highest BCUT2D eigenvalue weighted by molar-refractivity contribution is 6.05. The van der Waals surface area contributed by atoms with E-state index in [-0.39, 0.29) is 18.4 Å². The lowest BCUT2D eigenvalue weighted by atomic mass is 9.58. The van der Waals surface area contributed by atoms with Crippen molar-refractivity contribution in [3.05, 3.63) is 53.6 Å². The second kappa shape index (κ2) is 10.7. The van der Waals surface area contributed by atoms with Crippen molar-refractivity contribution in [1.29, 1.82) is 0 Å². The second-order valence-electron chi connectivity index (χ2n) is 13.5. The van der Waals surface area contributed by atoms with E-state index >= 15 is 0 Å². The van der Waals surface area contributed by atoms with Crippen LogP contribution in [0.15, 0.2) is 48.0 Å². The topological polar surface area (TPSA) is 49.4 Å². The average Bonchev–Trinajstić information content (AvgIpc) is 3.48. The quantitative estimate of drug-likeness (QED) is 0.271. The van der Waals surface area contributed by atoms with Crippen LogP contribution < -0.4 is 23.8 Å². The van der Waals surface area contributed by atoms with Gasteiger partial charge in [0.1, 0.15) is 0 Å². The highest BCUT2D eigenvalue weighted by Crippen LogP contribution is 2.57. The number of hydrogen-bond acceptors (Lipinski definition) is 6. The molecule has 3 aromatic rings. The predicted octanol–water partition coefficient (Wildman–Crippen LogP) is 8.56. The number of allylic oxidation sites excluding steroid dienone is 1. The van der Waals surface area contributed by atoms with Crippen molar-refractivity contribution >= 4 is 16.5 Å². The van der Waals surface area contributed by atoms with Gasteiger partial charge in [0.2, 0.25) is 6.79 Å². The molecule has 0 amide bonds. The van der Waals surface area contributed by atoms with Crippen LogP contribution in [0.1, 0.15) is 64.5 Å². The Morgan fingerprint density at radius 3 is 2.47 bits per heavy atom. The molecule has 0 N–H and O–H groups in total. The zero-order chi connectivity index (χ0) is 30.0. The van der Waals surface area contributed by atoms with E-state index in [9.17, 15) is 0 Å². The molecule has 0 saturated heterocycles. The van der Waals surface area contributed by atoms with Gasteiger partial charge in [-0.1, -0.05) is 37.6 Å². The van der Waals surface area contributed by atoms with E-state index in [1.54, 1.807) is 19.8 Å². The van der Waals surface area contributed by atoms with E-state index in [1.807, 2.05) is 13.2 Å². The third-order valence-electron chi connectivity index (χ3n) is 11.2. The van der Waals surface area contributed by atoms with Crippen molar-refractivity contribution in [3.63, 3.8) is 0 Å². The molecular weight excluding hydrogens is 538 g/mol. The molecule has 4 aliphatic rings. The molecular formula is C37H45NO5. The Morgan fingerprint density at radius 1 is 0.977 bits per heavy atom. The number of hydrogen-bond donors (Lipinski definition) is 0. The van der Waals surface area contributed by atoms with E-state index in [2.05, 4.69) is 69.1 Å². The van der Waals surface area contributed by atoms with Crippen molar-refractivity contribution in [2.75, 3.05) is 40.1 Å². The molecule has 6 heteroatoms. The Kier molecular flexibility index (Phi) is 7.04. The lowest BCUT2D eigenvalue weighted by Gasteiger charge is -2.51. The normalized spacial score (nSPS) is 27.4. The smallest absolute Gasteiger partial charge is 0.231 e. The molecule has 228 valence electrons. The Morgan fingerprint density at radius 2 is 1.74 bits per heavy atom. The number of ether oxygens (including phenoxy) is 5. The Labute approximate surface area is 255 Å². The van der Waals surface area contributed by atoms with Gasteiger partial charge in [-0.3, -0.25) is 0 Å². The lowest BCUT2D eigenvalue weighted by Crippen LogP contribution is -2.49. The lowest BCUT2D eigenvalue weighted by molar-refractivity contribution is -0.108. The minimum atomic E-state index is -0.0488. The van der Waals surface area contributed by atoms with E-state index in [1.165, 1.54) is 40.6 Å². The molecule has 2 heterocycles. The fourth-order valence-corrected chi connectivity index (χ4v) is 8.82. The summed E-state index contributed by atoms with van der Waals surface area (Å²) in [5.41, 5.74) is 6.31. The van der Waals surface area contributed by atoms with Gasteiger partial charge in [0, 0.05) is 30.7 Å². The summed E-state index contributed by atoms with van der Waals surface area (Å²) in [6.07, 6.45) is 8.23. The van der Waals surface area contributed by atoms with Gasteiger partial charge in [-0.05, 0) is 97.9 Å². The van der Waals surface area contributed by atoms with Crippen LogP contribution in [-0.2, 0) is 4.74 Å². The minimum absolute atomic E-state index is 0.0488. The number of nitrogens with zero attached hydrogens (tertiary/aromatic N) is 1. The SMILES string of the molecule is COc1ccc2c(c1OC)[C@@H](CC1=C[C@@H]3[C@@H](CC1)[C@](C)(OC)CC[C@H]3C(C)C)N(C)c1c-2ccc2cc3c(cc12)OCO3. The summed E-state index contributed by atoms with van der Waals surface area (Å²) in [5.74, 6) is 5.65. The monoisotopic (exact) mass is 583 g/mol. The maximum atomic E-state index is 6.21. The summed E-state index contributed by atoms with van der Waals surface area (Å²) in [7, 11) is 7.63. The molecule has 5 atom stereocenters. The van der Waals surface area contributed by atoms with E-state index in [0.717, 1.165) is 47.6 Å². The Bertz CT molecular complexity index is 1590. The molecule has 2 aliphatic heterocycles. The zero-order valence-corrected chi connectivity index (χ0v) is 26.7. The predicted molar refractivity (Wildman–Crippen MR) is 172 cm³/mol. The van der Waals surface area contributed by atoms with Crippen molar-refractivity contribution < 1.29 is 23.7 Å². The van der Waals surface area contributed by atoms with Crippen LogP contribution in [0, 0.1) is 23.7 Å². The summed E-state index contributed by atoms with van der Waals surface area (Å²) < 4.78 is 29.7.